The van der Waals surface area contributed by atoms with Gasteiger partial charge in [-0.2, -0.15) is 0 Å². The van der Waals surface area contributed by atoms with Gasteiger partial charge in [-0.15, -0.1) is 0 Å². The van der Waals surface area contributed by atoms with Crippen molar-refractivity contribution in [1.29, 1.82) is 0 Å². The highest BCUT2D eigenvalue weighted by Crippen LogP contribution is 2.35. The van der Waals surface area contributed by atoms with Crippen LogP contribution in [0.2, 0.25) is 0 Å². The van der Waals surface area contributed by atoms with Crippen LogP contribution in [0.4, 0.5) is 0 Å². The topological polar surface area (TPSA) is 41.1 Å². The Kier molecular flexibility index (Phi) is 2.06. The summed E-state index contributed by atoms with van der Waals surface area (Å²) in [7, 11) is 0. The SMILES string of the molecule is CC1CNCC1C(=O)NC1(C)CC1. The fraction of sp³-hybridized carbons (Fsp3) is 0.900. The number of hydrogen-bond acceptors (Lipinski definition) is 2. The molecule has 2 atom stereocenters. The second kappa shape index (κ2) is 2.98. The zero-order valence-electron chi connectivity index (χ0n) is 8.39. The average Bonchev–Trinajstić information content (AvgIpc) is 2.63. The molecular formula is C10H18N2O. The van der Waals surface area contributed by atoms with E-state index in [4.69, 9.17) is 0 Å². The van der Waals surface area contributed by atoms with E-state index in [1.54, 1.807) is 0 Å². The van der Waals surface area contributed by atoms with E-state index >= 15 is 0 Å². The Hall–Kier alpha value is -0.570. The highest BCUT2D eigenvalue weighted by molar-refractivity contribution is 5.80. The van der Waals surface area contributed by atoms with Crippen molar-refractivity contribution in [2.24, 2.45) is 11.8 Å². The Morgan fingerprint density at radius 3 is 2.62 bits per heavy atom. The number of nitrogens with one attached hydrogen (secondary N) is 2. The van der Waals surface area contributed by atoms with Crippen molar-refractivity contribution in [3.05, 3.63) is 0 Å². The lowest BCUT2D eigenvalue weighted by atomic mass is 9.97. The van der Waals surface area contributed by atoms with Crippen LogP contribution in [0.5, 0.6) is 0 Å². The van der Waals surface area contributed by atoms with Gasteiger partial charge in [0.15, 0.2) is 0 Å². The predicted octanol–water partition coefficient (Wildman–Crippen LogP) is 0.511. The van der Waals surface area contributed by atoms with Gasteiger partial charge < -0.3 is 10.6 Å². The summed E-state index contributed by atoms with van der Waals surface area (Å²) in [6.07, 6.45) is 2.29. The molecule has 74 valence electrons. The predicted molar refractivity (Wildman–Crippen MR) is 51.3 cm³/mol. The van der Waals surface area contributed by atoms with E-state index in [1.807, 2.05) is 0 Å². The fourth-order valence-electron chi connectivity index (χ4n) is 1.86. The van der Waals surface area contributed by atoms with Crippen LogP contribution < -0.4 is 10.6 Å². The molecule has 2 unspecified atom stereocenters. The van der Waals surface area contributed by atoms with Crippen LogP contribution in [0.1, 0.15) is 26.7 Å². The molecule has 0 spiro atoms. The van der Waals surface area contributed by atoms with Crippen LogP contribution in [-0.4, -0.2) is 24.5 Å². The molecule has 2 N–H and O–H groups in total. The molecule has 2 fully saturated rings. The molecule has 1 aliphatic heterocycles. The largest absolute Gasteiger partial charge is 0.351 e. The smallest absolute Gasteiger partial charge is 0.225 e. The molecule has 2 aliphatic rings. The number of rotatable bonds is 2. The summed E-state index contributed by atoms with van der Waals surface area (Å²) in [6, 6.07) is 0. The summed E-state index contributed by atoms with van der Waals surface area (Å²) < 4.78 is 0. The quantitative estimate of drug-likeness (QED) is 0.653. The van der Waals surface area contributed by atoms with Gasteiger partial charge in [0.05, 0.1) is 5.92 Å². The lowest BCUT2D eigenvalue weighted by Crippen LogP contribution is -2.40. The molecule has 0 aromatic heterocycles. The van der Waals surface area contributed by atoms with Gasteiger partial charge in [0, 0.05) is 12.1 Å². The number of carbonyl (C=O) groups is 1. The minimum absolute atomic E-state index is 0.138. The summed E-state index contributed by atoms with van der Waals surface area (Å²) in [4.78, 5) is 11.8. The van der Waals surface area contributed by atoms with Crippen molar-refractivity contribution >= 4 is 5.91 Å². The lowest BCUT2D eigenvalue weighted by Gasteiger charge is -2.17. The van der Waals surface area contributed by atoms with Crippen molar-refractivity contribution < 1.29 is 4.79 Å². The van der Waals surface area contributed by atoms with Crippen LogP contribution in [0, 0.1) is 11.8 Å². The maximum atomic E-state index is 11.8. The molecule has 1 aliphatic carbocycles. The summed E-state index contributed by atoms with van der Waals surface area (Å²) in [5, 5.41) is 6.37. The van der Waals surface area contributed by atoms with Crippen molar-refractivity contribution in [1.82, 2.24) is 10.6 Å². The van der Waals surface area contributed by atoms with E-state index in [9.17, 15) is 4.79 Å². The molecule has 0 aromatic carbocycles. The Bertz CT molecular complexity index is 223. The van der Waals surface area contributed by atoms with Gasteiger partial charge in [-0.3, -0.25) is 4.79 Å². The number of amides is 1. The minimum Gasteiger partial charge on any atom is -0.351 e. The van der Waals surface area contributed by atoms with Gasteiger partial charge in [-0.1, -0.05) is 6.92 Å². The molecule has 1 amide bonds. The van der Waals surface area contributed by atoms with E-state index in [-0.39, 0.29) is 17.4 Å². The van der Waals surface area contributed by atoms with Crippen LogP contribution in [0.15, 0.2) is 0 Å². The van der Waals surface area contributed by atoms with E-state index in [0.717, 1.165) is 25.9 Å². The van der Waals surface area contributed by atoms with Crippen LogP contribution in [0.3, 0.4) is 0 Å². The summed E-state index contributed by atoms with van der Waals surface area (Å²) in [5.74, 6) is 0.928. The second-order valence-corrected chi connectivity index (χ2v) is 4.79. The molecule has 1 saturated carbocycles. The maximum absolute atomic E-state index is 11.8. The van der Waals surface area contributed by atoms with E-state index in [0.29, 0.717) is 5.92 Å². The second-order valence-electron chi connectivity index (χ2n) is 4.79. The third kappa shape index (κ3) is 1.85. The first-order chi connectivity index (χ1) is 6.11. The zero-order valence-corrected chi connectivity index (χ0v) is 8.39. The molecule has 0 bridgehead atoms. The van der Waals surface area contributed by atoms with Crippen molar-refractivity contribution in [2.45, 2.75) is 32.2 Å². The standard InChI is InChI=1S/C10H18N2O/c1-7-5-11-6-8(7)9(13)12-10(2)3-4-10/h7-8,11H,3-6H2,1-2H3,(H,12,13). The molecule has 0 radical (unpaired) electrons. The Morgan fingerprint density at radius 2 is 2.15 bits per heavy atom. The highest BCUT2D eigenvalue weighted by atomic mass is 16.2. The minimum atomic E-state index is 0.138. The molecule has 1 saturated heterocycles. The van der Waals surface area contributed by atoms with Crippen LogP contribution in [-0.2, 0) is 4.79 Å². The average molecular weight is 182 g/mol. The van der Waals surface area contributed by atoms with Gasteiger partial charge in [-0.05, 0) is 32.2 Å². The van der Waals surface area contributed by atoms with Gasteiger partial charge in [0.25, 0.3) is 0 Å². The Balaban J connectivity index is 1.89. The highest BCUT2D eigenvalue weighted by Gasteiger charge is 2.41. The van der Waals surface area contributed by atoms with Gasteiger partial charge in [-0.25, -0.2) is 0 Å². The fourth-order valence-corrected chi connectivity index (χ4v) is 1.86. The number of carbonyl (C=O) groups excluding carboxylic acids is 1. The molecule has 3 heteroatoms. The summed E-state index contributed by atoms with van der Waals surface area (Å²) in [5.41, 5.74) is 0.138. The third-order valence-electron chi connectivity index (χ3n) is 3.28. The molecule has 3 nitrogen and oxygen atoms in total. The van der Waals surface area contributed by atoms with Crippen LogP contribution in [0.25, 0.3) is 0 Å². The number of hydrogen-bond donors (Lipinski definition) is 2. The summed E-state index contributed by atoms with van der Waals surface area (Å²) >= 11 is 0. The third-order valence-corrected chi connectivity index (χ3v) is 3.28. The molecule has 13 heavy (non-hydrogen) atoms. The monoisotopic (exact) mass is 182 g/mol. The van der Waals surface area contributed by atoms with E-state index < -0.39 is 0 Å². The molecular weight excluding hydrogens is 164 g/mol. The Labute approximate surface area is 79.3 Å². The first-order valence-corrected chi connectivity index (χ1v) is 5.13. The zero-order chi connectivity index (χ0) is 9.47. The van der Waals surface area contributed by atoms with E-state index in [1.165, 1.54) is 0 Å². The summed E-state index contributed by atoms with van der Waals surface area (Å²) in [6.45, 7) is 6.09. The van der Waals surface area contributed by atoms with Crippen molar-refractivity contribution in [3.8, 4) is 0 Å². The van der Waals surface area contributed by atoms with Crippen molar-refractivity contribution in [3.63, 3.8) is 0 Å². The van der Waals surface area contributed by atoms with Gasteiger partial charge in [0.2, 0.25) is 5.91 Å². The maximum Gasteiger partial charge on any atom is 0.225 e. The van der Waals surface area contributed by atoms with Gasteiger partial charge in [0.1, 0.15) is 0 Å². The molecule has 0 aromatic rings. The first kappa shape index (κ1) is 9.00. The lowest BCUT2D eigenvalue weighted by molar-refractivity contribution is -0.126. The van der Waals surface area contributed by atoms with Gasteiger partial charge >= 0.3 is 0 Å². The first-order valence-electron chi connectivity index (χ1n) is 5.13. The van der Waals surface area contributed by atoms with Crippen LogP contribution >= 0.6 is 0 Å². The Morgan fingerprint density at radius 1 is 1.46 bits per heavy atom. The normalized spacial score (nSPS) is 35.8. The van der Waals surface area contributed by atoms with E-state index in [2.05, 4.69) is 24.5 Å². The molecule has 2 rings (SSSR count). The molecule has 1 heterocycles. The van der Waals surface area contributed by atoms with Crippen molar-refractivity contribution in [2.75, 3.05) is 13.1 Å².